The summed E-state index contributed by atoms with van der Waals surface area (Å²) < 4.78 is 17.9. The molecule has 0 aromatic heterocycles. The quantitative estimate of drug-likeness (QED) is 0.349. The molecule has 0 aliphatic carbocycles. The van der Waals surface area contributed by atoms with Crippen molar-refractivity contribution >= 4 is 33.0 Å². The molecule has 3 rings (SSSR count). The van der Waals surface area contributed by atoms with Crippen molar-refractivity contribution in [1.82, 2.24) is 0 Å². The average molecular weight is 478 g/mol. The zero-order valence-corrected chi connectivity index (χ0v) is 19.0. The fraction of sp³-hybridized carbons (Fsp3) is 0.217. The summed E-state index contributed by atoms with van der Waals surface area (Å²) in [6.07, 6.45) is 1.18. The standard InChI is InChI=1S/C10H15N.C7H9NO2.C6H5BrFN/c1-3-8(2)9-4-6-10(11)7-5-9;1-10-7-3-2-5(8)4-6(7)9;7-4-1-2-6(9)5(8)3-4/h4-8H,3,11H2,1-2H3;2-4,9H,8H2,1H3;1-3H,9H2. The highest BCUT2D eigenvalue weighted by atomic mass is 79.9. The first-order chi connectivity index (χ1) is 14.2. The Bertz CT molecular complexity index is 921. The number of benzene rings is 3. The van der Waals surface area contributed by atoms with E-state index in [1.54, 1.807) is 18.2 Å². The number of nitrogen functional groups attached to an aromatic ring is 3. The average Bonchev–Trinajstić information content (AvgIpc) is 2.72. The number of hydrogen-bond donors (Lipinski definition) is 4. The third kappa shape index (κ3) is 8.61. The van der Waals surface area contributed by atoms with Gasteiger partial charge in [0.2, 0.25) is 0 Å². The normalized spacial score (nSPS) is 10.7. The molecule has 3 aromatic rings. The Morgan fingerprint density at radius 2 is 1.57 bits per heavy atom. The van der Waals surface area contributed by atoms with Gasteiger partial charge in [0.25, 0.3) is 0 Å². The first-order valence-electron chi connectivity index (χ1n) is 9.36. The van der Waals surface area contributed by atoms with E-state index in [0.29, 0.717) is 21.8 Å². The summed E-state index contributed by atoms with van der Waals surface area (Å²) in [7, 11) is 1.49. The summed E-state index contributed by atoms with van der Waals surface area (Å²) in [6.45, 7) is 4.42. The minimum Gasteiger partial charge on any atom is -0.504 e. The van der Waals surface area contributed by atoms with E-state index < -0.39 is 0 Å². The zero-order chi connectivity index (χ0) is 22.7. The number of anilines is 3. The van der Waals surface area contributed by atoms with Gasteiger partial charge < -0.3 is 27.0 Å². The Morgan fingerprint density at radius 3 is 2.03 bits per heavy atom. The fourth-order valence-electron chi connectivity index (χ4n) is 2.27. The van der Waals surface area contributed by atoms with Crippen molar-refractivity contribution in [1.29, 1.82) is 0 Å². The van der Waals surface area contributed by atoms with E-state index in [-0.39, 0.29) is 17.3 Å². The van der Waals surface area contributed by atoms with Gasteiger partial charge in [-0.2, -0.15) is 0 Å². The monoisotopic (exact) mass is 477 g/mol. The maximum Gasteiger partial charge on any atom is 0.160 e. The van der Waals surface area contributed by atoms with Crippen molar-refractivity contribution in [2.45, 2.75) is 26.2 Å². The molecule has 0 heterocycles. The molecule has 7 heteroatoms. The minimum atomic E-state index is -0.385. The maximum atomic E-state index is 12.4. The number of ether oxygens (including phenoxy) is 1. The number of hydrogen-bond acceptors (Lipinski definition) is 5. The smallest absolute Gasteiger partial charge is 0.160 e. The molecule has 0 saturated heterocycles. The molecule has 0 radical (unpaired) electrons. The molecular formula is C23H29BrFN3O2. The van der Waals surface area contributed by atoms with Crippen LogP contribution < -0.4 is 21.9 Å². The lowest BCUT2D eigenvalue weighted by Crippen LogP contribution is -1.91. The summed E-state index contributed by atoms with van der Waals surface area (Å²) >= 11 is 3.10. The number of rotatable bonds is 3. The van der Waals surface area contributed by atoms with Crippen molar-refractivity contribution < 1.29 is 14.2 Å². The molecule has 0 aliphatic rings. The van der Waals surface area contributed by atoms with Gasteiger partial charge in [-0.3, -0.25) is 0 Å². The summed E-state index contributed by atoms with van der Waals surface area (Å²) in [5, 5.41) is 9.09. The molecule has 0 spiro atoms. The highest BCUT2D eigenvalue weighted by molar-refractivity contribution is 9.10. The summed E-state index contributed by atoms with van der Waals surface area (Å²) in [4.78, 5) is 0. The van der Waals surface area contributed by atoms with Crippen molar-refractivity contribution in [3.05, 3.63) is 76.5 Å². The van der Waals surface area contributed by atoms with Crippen LogP contribution in [-0.2, 0) is 0 Å². The van der Waals surface area contributed by atoms with Crippen LogP contribution in [0.3, 0.4) is 0 Å². The Balaban J connectivity index is 0.000000226. The Morgan fingerprint density at radius 1 is 0.967 bits per heavy atom. The molecule has 1 atom stereocenters. The molecule has 30 heavy (non-hydrogen) atoms. The number of nitrogens with two attached hydrogens (primary N) is 3. The summed E-state index contributed by atoms with van der Waals surface area (Å²) in [6, 6.07) is 17.4. The van der Waals surface area contributed by atoms with E-state index in [0.717, 1.165) is 5.69 Å². The fourth-order valence-corrected chi connectivity index (χ4v) is 2.60. The van der Waals surface area contributed by atoms with Gasteiger partial charge in [-0.15, -0.1) is 0 Å². The second-order valence-electron chi connectivity index (χ2n) is 6.57. The second kappa shape index (κ2) is 12.6. The van der Waals surface area contributed by atoms with Gasteiger partial charge in [0, 0.05) is 21.9 Å². The third-order valence-corrected chi connectivity index (χ3v) is 4.78. The maximum absolute atomic E-state index is 12.4. The van der Waals surface area contributed by atoms with Crippen LogP contribution >= 0.6 is 15.9 Å². The molecule has 0 fully saturated rings. The molecule has 0 amide bonds. The highest BCUT2D eigenvalue weighted by Crippen LogP contribution is 2.26. The topological polar surface area (TPSA) is 108 Å². The Labute approximate surface area is 185 Å². The van der Waals surface area contributed by atoms with Crippen LogP contribution in [0.1, 0.15) is 31.7 Å². The number of phenols is 1. The van der Waals surface area contributed by atoms with Crippen molar-refractivity contribution in [2.75, 3.05) is 24.3 Å². The molecule has 0 aliphatic heterocycles. The molecule has 0 saturated carbocycles. The lowest BCUT2D eigenvalue weighted by Gasteiger charge is -2.07. The van der Waals surface area contributed by atoms with E-state index in [4.69, 9.17) is 27.0 Å². The lowest BCUT2D eigenvalue weighted by atomic mass is 9.99. The van der Waals surface area contributed by atoms with Gasteiger partial charge in [-0.1, -0.05) is 41.9 Å². The predicted octanol–water partition coefficient (Wildman–Crippen LogP) is 5.94. The second-order valence-corrected chi connectivity index (χ2v) is 7.49. The molecule has 5 nitrogen and oxygen atoms in total. The zero-order valence-electron chi connectivity index (χ0n) is 17.4. The Kier molecular flexibility index (Phi) is 10.5. The highest BCUT2D eigenvalue weighted by Gasteiger charge is 2.00. The van der Waals surface area contributed by atoms with Gasteiger partial charge in [0.15, 0.2) is 11.5 Å². The van der Waals surface area contributed by atoms with Crippen LogP contribution in [0.15, 0.2) is 65.1 Å². The first-order valence-corrected chi connectivity index (χ1v) is 10.2. The minimum absolute atomic E-state index is 0.0718. The van der Waals surface area contributed by atoms with Gasteiger partial charge in [0.05, 0.1) is 12.8 Å². The molecule has 7 N–H and O–H groups in total. The van der Waals surface area contributed by atoms with Crippen molar-refractivity contribution in [3.8, 4) is 11.5 Å². The van der Waals surface area contributed by atoms with Crippen LogP contribution in [0, 0.1) is 5.82 Å². The first kappa shape index (κ1) is 25.1. The summed E-state index contributed by atoms with van der Waals surface area (Å²) in [5.74, 6) is 0.775. The van der Waals surface area contributed by atoms with Crippen LogP contribution in [0.5, 0.6) is 11.5 Å². The third-order valence-electron chi connectivity index (χ3n) is 4.28. The van der Waals surface area contributed by atoms with E-state index in [9.17, 15) is 4.39 Å². The Hall–Kier alpha value is -2.93. The molecule has 162 valence electrons. The van der Waals surface area contributed by atoms with Gasteiger partial charge >= 0.3 is 0 Å². The van der Waals surface area contributed by atoms with Crippen LogP contribution in [0.2, 0.25) is 0 Å². The van der Waals surface area contributed by atoms with Crippen molar-refractivity contribution in [2.24, 2.45) is 0 Å². The predicted molar refractivity (Wildman–Crippen MR) is 127 cm³/mol. The van der Waals surface area contributed by atoms with E-state index in [2.05, 4.69) is 41.9 Å². The van der Waals surface area contributed by atoms with E-state index in [1.165, 1.54) is 37.3 Å². The van der Waals surface area contributed by atoms with Gasteiger partial charge in [-0.05, 0) is 60.4 Å². The van der Waals surface area contributed by atoms with E-state index in [1.807, 2.05) is 12.1 Å². The largest absolute Gasteiger partial charge is 0.504 e. The van der Waals surface area contributed by atoms with Gasteiger partial charge in [-0.25, -0.2) is 4.39 Å². The molecule has 3 aromatic carbocycles. The molecule has 0 bridgehead atoms. The van der Waals surface area contributed by atoms with Crippen LogP contribution in [0.25, 0.3) is 0 Å². The van der Waals surface area contributed by atoms with Crippen molar-refractivity contribution in [3.63, 3.8) is 0 Å². The van der Waals surface area contributed by atoms with E-state index >= 15 is 0 Å². The number of aromatic hydroxyl groups is 1. The SMILES string of the molecule is CCC(C)c1ccc(N)cc1.COc1ccc(N)cc1O.Nc1ccc(Br)cc1F. The molecular weight excluding hydrogens is 449 g/mol. The van der Waals surface area contributed by atoms with Gasteiger partial charge in [0.1, 0.15) is 5.82 Å². The number of phenolic OH excluding ortho intramolecular Hbond substituents is 1. The number of methoxy groups -OCH3 is 1. The number of halogens is 2. The lowest BCUT2D eigenvalue weighted by molar-refractivity contribution is 0.373. The van der Waals surface area contributed by atoms with Crippen LogP contribution in [-0.4, -0.2) is 12.2 Å². The molecule has 1 unspecified atom stereocenters. The summed E-state index contributed by atoms with van der Waals surface area (Å²) in [5.41, 5.74) is 19.1. The van der Waals surface area contributed by atoms with Crippen LogP contribution in [0.4, 0.5) is 21.5 Å².